The topological polar surface area (TPSA) is 40.6 Å². The molecule has 0 atom stereocenters. The van der Waals surface area contributed by atoms with Crippen LogP contribution in [0.5, 0.6) is 0 Å². The molecule has 20 heavy (non-hydrogen) atoms. The third-order valence-electron chi connectivity index (χ3n) is 3.33. The third kappa shape index (κ3) is 2.79. The molecule has 0 unspecified atom stereocenters. The molecule has 1 saturated heterocycles. The van der Waals surface area contributed by atoms with E-state index in [1.807, 2.05) is 13.8 Å². The fraction of sp³-hybridized carbons (Fsp3) is 0.429. The molecule has 1 fully saturated rings. The van der Waals surface area contributed by atoms with Crippen LogP contribution in [0.2, 0.25) is 0 Å². The van der Waals surface area contributed by atoms with Gasteiger partial charge in [-0.05, 0) is 32.0 Å². The summed E-state index contributed by atoms with van der Waals surface area (Å²) in [5, 5.41) is 0. The number of hydrogen-bond acceptors (Lipinski definition) is 2. The highest BCUT2D eigenvalue weighted by molar-refractivity contribution is 5.97. The molecule has 1 aromatic rings. The molecule has 0 N–H and O–H groups in total. The minimum absolute atomic E-state index is 0.0317. The first-order chi connectivity index (χ1) is 9.40. The maximum Gasteiger partial charge on any atom is 0.254 e. The summed E-state index contributed by atoms with van der Waals surface area (Å²) in [6.45, 7) is 4.62. The lowest BCUT2D eigenvalue weighted by atomic mass is 10.1. The Balaban J connectivity index is 2.11. The molecule has 2 amide bonds. The van der Waals surface area contributed by atoms with Crippen LogP contribution in [-0.2, 0) is 4.79 Å². The quantitative estimate of drug-likeness (QED) is 0.827. The standard InChI is InChI=1S/C14H16F2N2O2/c1-9(2)18-6-5-17(8-13(18)19)14(20)10-3-4-11(15)12(16)7-10/h3-4,7,9H,5-6,8H2,1-2H3. The number of carbonyl (C=O) groups excluding carboxylic acids is 2. The van der Waals surface area contributed by atoms with Crippen LogP contribution in [0, 0.1) is 11.6 Å². The number of hydrogen-bond donors (Lipinski definition) is 0. The zero-order chi connectivity index (χ0) is 14.9. The lowest BCUT2D eigenvalue weighted by Gasteiger charge is -2.36. The molecular formula is C14H16F2N2O2. The molecule has 108 valence electrons. The average Bonchev–Trinajstić information content (AvgIpc) is 2.40. The summed E-state index contributed by atoms with van der Waals surface area (Å²) >= 11 is 0. The van der Waals surface area contributed by atoms with E-state index < -0.39 is 17.5 Å². The minimum Gasteiger partial charge on any atom is -0.337 e. The first-order valence-electron chi connectivity index (χ1n) is 6.44. The van der Waals surface area contributed by atoms with E-state index in [0.29, 0.717) is 13.1 Å². The van der Waals surface area contributed by atoms with Gasteiger partial charge in [-0.1, -0.05) is 0 Å². The van der Waals surface area contributed by atoms with Gasteiger partial charge in [0.2, 0.25) is 5.91 Å². The highest BCUT2D eigenvalue weighted by atomic mass is 19.2. The van der Waals surface area contributed by atoms with Crippen LogP contribution in [-0.4, -0.2) is 47.3 Å². The van der Waals surface area contributed by atoms with Crippen LogP contribution in [0.4, 0.5) is 8.78 Å². The Morgan fingerprint density at radius 1 is 1.20 bits per heavy atom. The van der Waals surface area contributed by atoms with Crippen molar-refractivity contribution < 1.29 is 18.4 Å². The van der Waals surface area contributed by atoms with Gasteiger partial charge in [0.05, 0.1) is 0 Å². The van der Waals surface area contributed by atoms with Gasteiger partial charge in [0.25, 0.3) is 5.91 Å². The molecule has 0 aliphatic carbocycles. The number of halogens is 2. The number of amides is 2. The summed E-state index contributed by atoms with van der Waals surface area (Å²) in [4.78, 5) is 27.1. The zero-order valence-electron chi connectivity index (χ0n) is 11.4. The fourth-order valence-electron chi connectivity index (χ4n) is 2.22. The van der Waals surface area contributed by atoms with Crippen molar-refractivity contribution in [2.45, 2.75) is 19.9 Å². The number of piperazine rings is 1. The average molecular weight is 282 g/mol. The van der Waals surface area contributed by atoms with Crippen LogP contribution in [0.25, 0.3) is 0 Å². The molecule has 0 saturated carbocycles. The normalized spacial score (nSPS) is 15.9. The Kier molecular flexibility index (Phi) is 4.01. The van der Waals surface area contributed by atoms with E-state index in [0.717, 1.165) is 12.1 Å². The molecule has 0 aromatic heterocycles. The zero-order valence-corrected chi connectivity index (χ0v) is 11.4. The van der Waals surface area contributed by atoms with Crippen LogP contribution in [0.15, 0.2) is 18.2 Å². The maximum absolute atomic E-state index is 13.1. The summed E-state index contributed by atoms with van der Waals surface area (Å²) in [6, 6.07) is 3.08. The lowest BCUT2D eigenvalue weighted by Crippen LogP contribution is -2.54. The van der Waals surface area contributed by atoms with Gasteiger partial charge in [-0.3, -0.25) is 9.59 Å². The van der Waals surface area contributed by atoms with Gasteiger partial charge in [-0.25, -0.2) is 8.78 Å². The number of carbonyl (C=O) groups is 2. The Bertz CT molecular complexity index is 546. The Morgan fingerprint density at radius 3 is 2.45 bits per heavy atom. The summed E-state index contributed by atoms with van der Waals surface area (Å²) in [6.07, 6.45) is 0. The molecule has 0 radical (unpaired) electrons. The number of rotatable bonds is 2. The van der Waals surface area contributed by atoms with Crippen LogP contribution in [0.1, 0.15) is 24.2 Å². The molecule has 1 heterocycles. The second-order valence-electron chi connectivity index (χ2n) is 5.04. The molecule has 0 bridgehead atoms. The molecule has 2 rings (SSSR count). The van der Waals surface area contributed by atoms with Crippen molar-refractivity contribution in [1.82, 2.24) is 9.80 Å². The van der Waals surface area contributed by atoms with Gasteiger partial charge in [0.1, 0.15) is 6.54 Å². The van der Waals surface area contributed by atoms with Crippen LogP contribution < -0.4 is 0 Å². The first kappa shape index (κ1) is 14.4. The van der Waals surface area contributed by atoms with E-state index in [4.69, 9.17) is 0 Å². The van der Waals surface area contributed by atoms with E-state index in [9.17, 15) is 18.4 Å². The third-order valence-corrected chi connectivity index (χ3v) is 3.33. The Morgan fingerprint density at radius 2 is 1.90 bits per heavy atom. The van der Waals surface area contributed by atoms with E-state index in [1.54, 1.807) is 4.90 Å². The molecule has 4 nitrogen and oxygen atoms in total. The van der Waals surface area contributed by atoms with Crippen molar-refractivity contribution in [2.24, 2.45) is 0 Å². The largest absolute Gasteiger partial charge is 0.337 e. The lowest BCUT2D eigenvalue weighted by molar-refractivity contribution is -0.136. The van der Waals surface area contributed by atoms with Crippen LogP contribution in [0.3, 0.4) is 0 Å². The molecule has 1 aromatic carbocycles. The summed E-state index contributed by atoms with van der Waals surface area (Å²) in [5.74, 6) is -2.66. The van der Waals surface area contributed by atoms with E-state index >= 15 is 0 Å². The van der Waals surface area contributed by atoms with Gasteiger partial charge in [0, 0.05) is 24.7 Å². The first-order valence-corrected chi connectivity index (χ1v) is 6.44. The molecule has 6 heteroatoms. The highest BCUT2D eigenvalue weighted by Gasteiger charge is 2.29. The smallest absolute Gasteiger partial charge is 0.254 e. The van der Waals surface area contributed by atoms with E-state index in [-0.39, 0.29) is 24.1 Å². The van der Waals surface area contributed by atoms with Crippen molar-refractivity contribution >= 4 is 11.8 Å². The van der Waals surface area contributed by atoms with Gasteiger partial charge in [-0.15, -0.1) is 0 Å². The van der Waals surface area contributed by atoms with Crippen molar-refractivity contribution in [3.63, 3.8) is 0 Å². The van der Waals surface area contributed by atoms with Crippen molar-refractivity contribution in [3.8, 4) is 0 Å². The maximum atomic E-state index is 13.1. The van der Waals surface area contributed by atoms with Gasteiger partial charge < -0.3 is 9.80 Å². The monoisotopic (exact) mass is 282 g/mol. The summed E-state index contributed by atoms with van der Waals surface area (Å²) in [5.41, 5.74) is 0.0506. The molecule has 1 aliphatic heterocycles. The van der Waals surface area contributed by atoms with E-state index in [1.165, 1.54) is 11.0 Å². The van der Waals surface area contributed by atoms with Gasteiger partial charge >= 0.3 is 0 Å². The molecular weight excluding hydrogens is 266 g/mol. The van der Waals surface area contributed by atoms with Crippen molar-refractivity contribution in [1.29, 1.82) is 0 Å². The van der Waals surface area contributed by atoms with Gasteiger partial charge in [0.15, 0.2) is 11.6 Å². The highest BCUT2D eigenvalue weighted by Crippen LogP contribution is 2.14. The molecule has 0 spiro atoms. The predicted octanol–water partition coefficient (Wildman–Crippen LogP) is 1.66. The fourth-order valence-corrected chi connectivity index (χ4v) is 2.22. The summed E-state index contributed by atoms with van der Waals surface area (Å²) < 4.78 is 26.0. The number of nitrogens with zero attached hydrogens (tertiary/aromatic N) is 2. The van der Waals surface area contributed by atoms with Gasteiger partial charge in [-0.2, -0.15) is 0 Å². The second kappa shape index (κ2) is 5.56. The second-order valence-corrected chi connectivity index (χ2v) is 5.04. The minimum atomic E-state index is -1.07. The van der Waals surface area contributed by atoms with Crippen molar-refractivity contribution in [2.75, 3.05) is 19.6 Å². The Labute approximate surface area is 116 Å². The van der Waals surface area contributed by atoms with Crippen molar-refractivity contribution in [3.05, 3.63) is 35.4 Å². The van der Waals surface area contributed by atoms with Crippen LogP contribution >= 0.6 is 0 Å². The summed E-state index contributed by atoms with van der Waals surface area (Å²) in [7, 11) is 0. The van der Waals surface area contributed by atoms with E-state index in [2.05, 4.69) is 0 Å². The number of benzene rings is 1. The molecule has 1 aliphatic rings. The predicted molar refractivity (Wildman–Crippen MR) is 69.1 cm³/mol. The SMILES string of the molecule is CC(C)N1CCN(C(=O)c2ccc(F)c(F)c2)CC1=O. The Hall–Kier alpha value is -1.98.